The summed E-state index contributed by atoms with van der Waals surface area (Å²) in [6.07, 6.45) is 0.422. The van der Waals surface area contributed by atoms with Crippen molar-refractivity contribution in [2.75, 3.05) is 0 Å². The average Bonchev–Trinajstić information content (AvgIpc) is 2.86. The van der Waals surface area contributed by atoms with E-state index in [1.54, 1.807) is 25.1 Å². The molecule has 0 aliphatic carbocycles. The lowest BCUT2D eigenvalue weighted by molar-refractivity contribution is -0.141. The van der Waals surface area contributed by atoms with Crippen molar-refractivity contribution in [2.24, 2.45) is 5.92 Å². The van der Waals surface area contributed by atoms with E-state index < -0.39 is 11.9 Å². The first kappa shape index (κ1) is 14.7. The lowest BCUT2D eigenvalue weighted by Gasteiger charge is -2.08. The normalized spacial score (nSPS) is 12.3. The maximum Gasteiger partial charge on any atom is 0.306 e. The summed E-state index contributed by atoms with van der Waals surface area (Å²) in [5.41, 5.74) is 0.618. The van der Waals surface area contributed by atoms with Crippen molar-refractivity contribution in [2.45, 2.75) is 19.9 Å². The SMILES string of the molecule is CC(CCn1nnnc1-c1cc(Cl)ccc1Cl)C(=O)O. The molecular formula is C12H12Cl2N4O2. The van der Waals surface area contributed by atoms with Crippen molar-refractivity contribution in [1.82, 2.24) is 20.2 Å². The Kier molecular flexibility index (Phi) is 4.57. The number of tetrazole rings is 1. The Hall–Kier alpha value is -1.66. The summed E-state index contributed by atoms with van der Waals surface area (Å²) in [6, 6.07) is 5.01. The third-order valence-corrected chi connectivity index (χ3v) is 3.46. The Morgan fingerprint density at radius 1 is 1.45 bits per heavy atom. The molecule has 20 heavy (non-hydrogen) atoms. The van der Waals surface area contributed by atoms with Crippen LogP contribution in [-0.2, 0) is 11.3 Å². The van der Waals surface area contributed by atoms with Gasteiger partial charge in [-0.25, -0.2) is 4.68 Å². The number of aromatic nitrogens is 4. The molecule has 0 fully saturated rings. The first-order valence-electron chi connectivity index (χ1n) is 5.93. The minimum Gasteiger partial charge on any atom is -0.481 e. The summed E-state index contributed by atoms with van der Waals surface area (Å²) in [7, 11) is 0. The van der Waals surface area contributed by atoms with Crippen LogP contribution in [0.1, 0.15) is 13.3 Å². The van der Waals surface area contributed by atoms with Gasteiger partial charge in [0.25, 0.3) is 0 Å². The molecule has 8 heteroatoms. The van der Waals surface area contributed by atoms with Gasteiger partial charge in [-0.1, -0.05) is 30.1 Å². The molecule has 0 aliphatic rings. The molecule has 0 bridgehead atoms. The molecule has 6 nitrogen and oxygen atoms in total. The average molecular weight is 315 g/mol. The second-order valence-electron chi connectivity index (χ2n) is 4.38. The van der Waals surface area contributed by atoms with Gasteiger partial charge in [0.1, 0.15) is 0 Å². The van der Waals surface area contributed by atoms with Gasteiger partial charge in [0.2, 0.25) is 0 Å². The third-order valence-electron chi connectivity index (χ3n) is 2.90. The first-order valence-corrected chi connectivity index (χ1v) is 6.69. The minimum absolute atomic E-state index is 0.388. The molecule has 1 heterocycles. The number of aryl methyl sites for hydroxylation is 1. The molecule has 1 unspecified atom stereocenters. The van der Waals surface area contributed by atoms with Crippen molar-refractivity contribution in [3.8, 4) is 11.4 Å². The summed E-state index contributed by atoms with van der Waals surface area (Å²) < 4.78 is 1.52. The molecule has 0 amide bonds. The summed E-state index contributed by atoms with van der Waals surface area (Å²) in [5, 5.41) is 21.3. The fraction of sp³-hybridized carbons (Fsp3) is 0.333. The van der Waals surface area contributed by atoms with Crippen LogP contribution in [0, 0.1) is 5.92 Å². The van der Waals surface area contributed by atoms with Crippen molar-refractivity contribution in [3.63, 3.8) is 0 Å². The lowest BCUT2D eigenvalue weighted by atomic mass is 10.1. The van der Waals surface area contributed by atoms with Gasteiger partial charge in [0, 0.05) is 17.1 Å². The number of rotatable bonds is 5. The van der Waals surface area contributed by atoms with Crippen molar-refractivity contribution in [3.05, 3.63) is 28.2 Å². The molecule has 0 spiro atoms. The molecular weight excluding hydrogens is 303 g/mol. The third kappa shape index (κ3) is 3.26. The van der Waals surface area contributed by atoms with Crippen LogP contribution in [-0.4, -0.2) is 31.3 Å². The van der Waals surface area contributed by atoms with E-state index in [-0.39, 0.29) is 0 Å². The molecule has 0 saturated carbocycles. The van der Waals surface area contributed by atoms with Gasteiger partial charge >= 0.3 is 5.97 Å². The number of halogens is 2. The second kappa shape index (κ2) is 6.19. The van der Waals surface area contributed by atoms with Crippen LogP contribution >= 0.6 is 23.2 Å². The number of carboxylic acid groups (broad SMARTS) is 1. The van der Waals surface area contributed by atoms with E-state index >= 15 is 0 Å². The maximum absolute atomic E-state index is 10.8. The van der Waals surface area contributed by atoms with Gasteiger partial charge < -0.3 is 5.11 Å². The second-order valence-corrected chi connectivity index (χ2v) is 5.22. The lowest BCUT2D eigenvalue weighted by Crippen LogP contribution is -2.14. The highest BCUT2D eigenvalue weighted by molar-refractivity contribution is 6.35. The first-order chi connectivity index (χ1) is 9.49. The Balaban J connectivity index is 2.24. The van der Waals surface area contributed by atoms with Crippen molar-refractivity contribution in [1.29, 1.82) is 0 Å². The maximum atomic E-state index is 10.8. The van der Waals surface area contributed by atoms with E-state index in [4.69, 9.17) is 28.3 Å². The molecule has 106 valence electrons. The fourth-order valence-electron chi connectivity index (χ4n) is 1.66. The molecule has 0 radical (unpaired) electrons. The standard InChI is InChI=1S/C12H12Cl2N4O2/c1-7(12(19)20)4-5-18-11(15-16-17-18)9-6-8(13)2-3-10(9)14/h2-3,6-7H,4-5H2,1H3,(H,19,20). The van der Waals surface area contributed by atoms with Crippen LogP contribution in [0.3, 0.4) is 0 Å². The molecule has 1 N–H and O–H groups in total. The van der Waals surface area contributed by atoms with Gasteiger partial charge in [0.05, 0.1) is 10.9 Å². The predicted octanol–water partition coefficient (Wildman–Crippen LogP) is 2.76. The van der Waals surface area contributed by atoms with Crippen LogP contribution < -0.4 is 0 Å². The number of hydrogen-bond acceptors (Lipinski definition) is 4. The van der Waals surface area contributed by atoms with Crippen LogP contribution in [0.4, 0.5) is 0 Å². The van der Waals surface area contributed by atoms with Crippen LogP contribution in [0.15, 0.2) is 18.2 Å². The highest BCUT2D eigenvalue weighted by Gasteiger charge is 2.16. The Morgan fingerprint density at radius 2 is 2.20 bits per heavy atom. The van der Waals surface area contributed by atoms with Gasteiger partial charge in [-0.3, -0.25) is 4.79 Å². The zero-order chi connectivity index (χ0) is 14.7. The van der Waals surface area contributed by atoms with Crippen molar-refractivity contribution < 1.29 is 9.90 Å². The highest BCUT2D eigenvalue weighted by atomic mass is 35.5. The highest BCUT2D eigenvalue weighted by Crippen LogP contribution is 2.28. The van der Waals surface area contributed by atoms with Gasteiger partial charge in [-0.2, -0.15) is 0 Å². The zero-order valence-corrected chi connectivity index (χ0v) is 12.1. The number of nitrogens with zero attached hydrogens (tertiary/aromatic N) is 4. The largest absolute Gasteiger partial charge is 0.481 e. The van der Waals surface area contributed by atoms with Crippen LogP contribution in [0.25, 0.3) is 11.4 Å². The fourth-order valence-corrected chi connectivity index (χ4v) is 2.03. The van der Waals surface area contributed by atoms with E-state index in [0.29, 0.717) is 34.4 Å². The zero-order valence-electron chi connectivity index (χ0n) is 10.6. The van der Waals surface area contributed by atoms with Crippen LogP contribution in [0.5, 0.6) is 0 Å². The van der Waals surface area contributed by atoms with E-state index in [0.717, 1.165) is 0 Å². The number of aliphatic carboxylic acids is 1. The van der Waals surface area contributed by atoms with Crippen LogP contribution in [0.2, 0.25) is 10.0 Å². The summed E-state index contributed by atoms with van der Waals surface area (Å²) >= 11 is 12.1. The molecule has 1 aromatic carbocycles. The van der Waals surface area contributed by atoms with E-state index in [1.165, 1.54) is 4.68 Å². The minimum atomic E-state index is -0.847. The summed E-state index contributed by atoms with van der Waals surface area (Å²) in [4.78, 5) is 10.8. The molecule has 1 atom stereocenters. The molecule has 2 rings (SSSR count). The van der Waals surface area contributed by atoms with E-state index in [1.807, 2.05) is 0 Å². The molecule has 0 aliphatic heterocycles. The number of carboxylic acids is 1. The smallest absolute Gasteiger partial charge is 0.306 e. The Labute approximate surface area is 125 Å². The topological polar surface area (TPSA) is 80.9 Å². The molecule has 2 aromatic rings. The Bertz CT molecular complexity index is 630. The van der Waals surface area contributed by atoms with E-state index in [2.05, 4.69) is 15.5 Å². The number of carbonyl (C=O) groups is 1. The van der Waals surface area contributed by atoms with E-state index in [9.17, 15) is 4.79 Å². The Morgan fingerprint density at radius 3 is 2.90 bits per heavy atom. The van der Waals surface area contributed by atoms with Gasteiger partial charge in [-0.15, -0.1) is 5.10 Å². The summed E-state index contributed by atoms with van der Waals surface area (Å²) in [5.74, 6) is -0.850. The number of hydrogen-bond donors (Lipinski definition) is 1. The van der Waals surface area contributed by atoms with Crippen molar-refractivity contribution >= 4 is 29.2 Å². The van der Waals surface area contributed by atoms with Gasteiger partial charge in [-0.05, 0) is 35.0 Å². The monoisotopic (exact) mass is 314 g/mol. The molecule has 0 saturated heterocycles. The van der Waals surface area contributed by atoms with Gasteiger partial charge in [0.15, 0.2) is 5.82 Å². The molecule has 1 aromatic heterocycles. The predicted molar refractivity (Wildman–Crippen MR) is 74.7 cm³/mol. The quantitative estimate of drug-likeness (QED) is 0.917. The number of benzene rings is 1. The summed E-state index contributed by atoms with van der Waals surface area (Å²) in [6.45, 7) is 2.03.